The first-order valence-corrected chi connectivity index (χ1v) is 7.48. The standard InChI is InChI=1S/C16H21FN2O/c17-13-5-1-4-12(10-13)16(7-3-8-16)15(20)19-14-6-2-9-18-11-14/h1,4-5,10,14,18H,2-3,6-9,11H2,(H,19,20)/t14-/m0/s1. The Morgan fingerprint density at radius 2 is 2.20 bits per heavy atom. The van der Waals surface area contributed by atoms with Crippen molar-refractivity contribution >= 4 is 5.91 Å². The zero-order valence-corrected chi connectivity index (χ0v) is 11.6. The molecule has 1 aromatic rings. The minimum Gasteiger partial charge on any atom is -0.351 e. The van der Waals surface area contributed by atoms with Crippen LogP contribution in [0.25, 0.3) is 0 Å². The number of rotatable bonds is 3. The van der Waals surface area contributed by atoms with Gasteiger partial charge >= 0.3 is 0 Å². The number of nitrogens with one attached hydrogen (secondary N) is 2. The van der Waals surface area contributed by atoms with Crippen LogP contribution in [0.2, 0.25) is 0 Å². The number of benzene rings is 1. The molecule has 0 radical (unpaired) electrons. The molecule has 1 atom stereocenters. The van der Waals surface area contributed by atoms with Gasteiger partial charge in [0.05, 0.1) is 5.41 Å². The summed E-state index contributed by atoms with van der Waals surface area (Å²) in [7, 11) is 0. The highest BCUT2D eigenvalue weighted by molar-refractivity contribution is 5.89. The second-order valence-corrected chi connectivity index (χ2v) is 5.96. The van der Waals surface area contributed by atoms with Crippen molar-refractivity contribution in [1.82, 2.24) is 10.6 Å². The summed E-state index contributed by atoms with van der Waals surface area (Å²) in [4.78, 5) is 12.7. The van der Waals surface area contributed by atoms with E-state index in [4.69, 9.17) is 0 Å². The van der Waals surface area contributed by atoms with E-state index in [0.29, 0.717) is 0 Å². The van der Waals surface area contributed by atoms with Gasteiger partial charge in [0, 0.05) is 12.6 Å². The van der Waals surface area contributed by atoms with Gasteiger partial charge in [0.2, 0.25) is 5.91 Å². The van der Waals surface area contributed by atoms with Crippen LogP contribution >= 0.6 is 0 Å². The fourth-order valence-electron chi connectivity index (χ4n) is 3.26. The van der Waals surface area contributed by atoms with Crippen molar-refractivity contribution in [3.05, 3.63) is 35.6 Å². The molecular formula is C16H21FN2O. The van der Waals surface area contributed by atoms with E-state index in [1.165, 1.54) is 12.1 Å². The highest BCUT2D eigenvalue weighted by Crippen LogP contribution is 2.44. The first kappa shape index (κ1) is 13.6. The zero-order valence-electron chi connectivity index (χ0n) is 11.6. The molecule has 0 unspecified atom stereocenters. The third kappa shape index (κ3) is 2.44. The van der Waals surface area contributed by atoms with Gasteiger partial charge < -0.3 is 10.6 Å². The van der Waals surface area contributed by atoms with Gasteiger partial charge in [0.1, 0.15) is 5.82 Å². The molecule has 0 bridgehead atoms. The number of hydrogen-bond acceptors (Lipinski definition) is 2. The predicted octanol–water partition coefficient (Wildman–Crippen LogP) is 2.12. The lowest BCUT2D eigenvalue weighted by Crippen LogP contribution is -2.55. The van der Waals surface area contributed by atoms with Crippen LogP contribution in [0, 0.1) is 5.82 Å². The number of carbonyl (C=O) groups excluding carboxylic acids is 1. The lowest BCUT2D eigenvalue weighted by atomic mass is 9.63. The van der Waals surface area contributed by atoms with Crippen molar-refractivity contribution < 1.29 is 9.18 Å². The van der Waals surface area contributed by atoms with E-state index in [1.807, 2.05) is 6.07 Å². The number of hydrogen-bond donors (Lipinski definition) is 2. The van der Waals surface area contributed by atoms with Crippen molar-refractivity contribution in [3.8, 4) is 0 Å². The molecule has 0 aromatic heterocycles. The zero-order chi connectivity index (χ0) is 14.0. The van der Waals surface area contributed by atoms with E-state index in [9.17, 15) is 9.18 Å². The minimum absolute atomic E-state index is 0.0723. The first-order valence-electron chi connectivity index (χ1n) is 7.48. The van der Waals surface area contributed by atoms with Gasteiger partial charge in [0.25, 0.3) is 0 Å². The molecule has 2 aliphatic rings. The summed E-state index contributed by atoms with van der Waals surface area (Å²) < 4.78 is 13.4. The Bertz CT molecular complexity index is 493. The van der Waals surface area contributed by atoms with Crippen molar-refractivity contribution in [2.45, 2.75) is 43.6 Å². The number of halogens is 1. The van der Waals surface area contributed by atoms with Crippen LogP contribution in [0.1, 0.15) is 37.7 Å². The van der Waals surface area contributed by atoms with Crippen molar-refractivity contribution in [3.63, 3.8) is 0 Å². The Hall–Kier alpha value is -1.42. The van der Waals surface area contributed by atoms with E-state index in [2.05, 4.69) is 10.6 Å². The van der Waals surface area contributed by atoms with Crippen molar-refractivity contribution in [2.75, 3.05) is 13.1 Å². The topological polar surface area (TPSA) is 41.1 Å². The van der Waals surface area contributed by atoms with Crippen LogP contribution in [0.4, 0.5) is 4.39 Å². The molecule has 2 N–H and O–H groups in total. The monoisotopic (exact) mass is 276 g/mol. The van der Waals surface area contributed by atoms with E-state index >= 15 is 0 Å². The maximum atomic E-state index is 13.4. The molecule has 3 nitrogen and oxygen atoms in total. The SMILES string of the molecule is O=C(N[C@H]1CCCNC1)C1(c2cccc(F)c2)CCC1. The normalized spacial score (nSPS) is 24.8. The Morgan fingerprint density at radius 3 is 2.80 bits per heavy atom. The number of piperidine rings is 1. The molecule has 1 heterocycles. The first-order chi connectivity index (χ1) is 9.71. The molecule has 1 saturated heterocycles. The smallest absolute Gasteiger partial charge is 0.230 e. The molecular weight excluding hydrogens is 255 g/mol. The van der Waals surface area contributed by atoms with Crippen LogP contribution in [0.3, 0.4) is 0 Å². The lowest BCUT2D eigenvalue weighted by Gasteiger charge is -2.42. The van der Waals surface area contributed by atoms with Gasteiger partial charge in [-0.2, -0.15) is 0 Å². The minimum atomic E-state index is -0.500. The Labute approximate surface area is 118 Å². The van der Waals surface area contributed by atoms with E-state index in [0.717, 1.165) is 50.8 Å². The largest absolute Gasteiger partial charge is 0.351 e. The molecule has 1 saturated carbocycles. The molecule has 1 aliphatic heterocycles. The van der Waals surface area contributed by atoms with E-state index in [-0.39, 0.29) is 17.8 Å². The Balaban J connectivity index is 1.76. The molecule has 1 amide bonds. The molecule has 20 heavy (non-hydrogen) atoms. The molecule has 1 aromatic carbocycles. The summed E-state index contributed by atoms with van der Waals surface area (Å²) >= 11 is 0. The average Bonchev–Trinajstić information content (AvgIpc) is 2.38. The van der Waals surface area contributed by atoms with Gasteiger partial charge in [-0.25, -0.2) is 4.39 Å². The fourth-order valence-corrected chi connectivity index (χ4v) is 3.26. The third-order valence-electron chi connectivity index (χ3n) is 4.65. The van der Waals surface area contributed by atoms with Gasteiger partial charge in [-0.1, -0.05) is 18.6 Å². The van der Waals surface area contributed by atoms with Gasteiger partial charge in [0.15, 0.2) is 0 Å². The maximum absolute atomic E-state index is 13.4. The molecule has 108 valence electrons. The highest BCUT2D eigenvalue weighted by atomic mass is 19.1. The molecule has 2 fully saturated rings. The quantitative estimate of drug-likeness (QED) is 0.888. The fraction of sp³-hybridized carbons (Fsp3) is 0.562. The van der Waals surface area contributed by atoms with E-state index < -0.39 is 5.41 Å². The summed E-state index contributed by atoms with van der Waals surface area (Å²) in [6, 6.07) is 6.72. The second-order valence-electron chi connectivity index (χ2n) is 5.96. The summed E-state index contributed by atoms with van der Waals surface area (Å²) in [5, 5.41) is 6.46. The molecule has 3 rings (SSSR count). The summed E-state index contributed by atoms with van der Waals surface area (Å²) in [6.07, 6.45) is 4.80. The van der Waals surface area contributed by atoms with Crippen LogP contribution < -0.4 is 10.6 Å². The van der Waals surface area contributed by atoms with Crippen LogP contribution in [-0.2, 0) is 10.2 Å². The van der Waals surface area contributed by atoms with Crippen LogP contribution in [-0.4, -0.2) is 25.0 Å². The van der Waals surface area contributed by atoms with Crippen molar-refractivity contribution in [2.24, 2.45) is 0 Å². The number of carbonyl (C=O) groups is 1. The molecule has 4 heteroatoms. The van der Waals surface area contributed by atoms with Gasteiger partial charge in [-0.15, -0.1) is 0 Å². The maximum Gasteiger partial charge on any atom is 0.230 e. The van der Waals surface area contributed by atoms with Crippen LogP contribution in [0.5, 0.6) is 0 Å². The summed E-state index contributed by atoms with van der Waals surface area (Å²) in [6.45, 7) is 1.87. The van der Waals surface area contributed by atoms with Gasteiger partial charge in [-0.3, -0.25) is 4.79 Å². The van der Waals surface area contributed by atoms with Crippen LogP contribution in [0.15, 0.2) is 24.3 Å². The third-order valence-corrected chi connectivity index (χ3v) is 4.65. The van der Waals surface area contributed by atoms with Gasteiger partial charge in [-0.05, 0) is 49.9 Å². The lowest BCUT2D eigenvalue weighted by molar-refractivity contribution is -0.130. The summed E-state index contributed by atoms with van der Waals surface area (Å²) in [5.74, 6) is -0.191. The van der Waals surface area contributed by atoms with E-state index in [1.54, 1.807) is 6.07 Å². The molecule has 1 aliphatic carbocycles. The highest BCUT2D eigenvalue weighted by Gasteiger charge is 2.46. The van der Waals surface area contributed by atoms with Crippen molar-refractivity contribution in [1.29, 1.82) is 0 Å². The Kier molecular flexibility index (Phi) is 3.74. The molecule has 0 spiro atoms. The summed E-state index contributed by atoms with van der Waals surface area (Å²) in [5.41, 5.74) is 0.324. The second kappa shape index (κ2) is 5.52. The number of amides is 1. The predicted molar refractivity (Wildman–Crippen MR) is 76.0 cm³/mol. The Morgan fingerprint density at radius 1 is 1.35 bits per heavy atom. The average molecular weight is 276 g/mol.